The van der Waals surface area contributed by atoms with E-state index in [1.807, 2.05) is 0 Å². The molecule has 1 saturated heterocycles. The van der Waals surface area contributed by atoms with Gasteiger partial charge in [0.25, 0.3) is 0 Å². The molecule has 1 aromatic carbocycles. The van der Waals surface area contributed by atoms with E-state index in [0.717, 1.165) is 0 Å². The van der Waals surface area contributed by atoms with Crippen LogP contribution in [-0.4, -0.2) is 52.7 Å². The van der Waals surface area contributed by atoms with Crippen LogP contribution in [0, 0.1) is 12.7 Å². The van der Waals surface area contributed by atoms with Gasteiger partial charge < -0.3 is 19.7 Å². The number of benzene rings is 1. The molecule has 6 nitrogen and oxygen atoms in total. The normalized spacial score (nSPS) is 20.6. The van der Waals surface area contributed by atoms with Crippen LogP contribution in [0.2, 0.25) is 0 Å². The zero-order chi connectivity index (χ0) is 17.4. The van der Waals surface area contributed by atoms with Gasteiger partial charge in [-0.05, 0) is 18.6 Å². The van der Waals surface area contributed by atoms with Crippen molar-refractivity contribution in [3.8, 4) is 0 Å². The van der Waals surface area contributed by atoms with Crippen molar-refractivity contribution in [2.45, 2.75) is 31.9 Å². The van der Waals surface area contributed by atoms with Gasteiger partial charge in [0.1, 0.15) is 11.9 Å². The molecular weight excluding hydrogens is 315 g/mol. The van der Waals surface area contributed by atoms with E-state index in [9.17, 15) is 19.1 Å². The number of fused-ring (bicyclic) bond motifs is 1. The third-order valence-corrected chi connectivity index (χ3v) is 4.50. The van der Waals surface area contributed by atoms with Gasteiger partial charge in [-0.3, -0.25) is 4.79 Å². The number of aromatic nitrogens is 1. The molecule has 0 aliphatic carbocycles. The first-order valence-corrected chi connectivity index (χ1v) is 7.73. The van der Waals surface area contributed by atoms with Gasteiger partial charge in [-0.1, -0.05) is 12.1 Å². The number of aromatic amines is 1. The minimum atomic E-state index is -0.778. The Balaban J connectivity index is 1.88. The number of hydrogen-bond acceptors (Lipinski definition) is 4. The number of aliphatic hydroxyl groups is 1. The third-order valence-electron chi connectivity index (χ3n) is 4.50. The molecule has 7 heteroatoms. The third kappa shape index (κ3) is 2.75. The Morgan fingerprint density at radius 1 is 1.46 bits per heavy atom. The Morgan fingerprint density at radius 2 is 2.21 bits per heavy atom. The number of aliphatic hydroxyl groups excluding tert-OH is 1. The second-order valence-electron chi connectivity index (χ2n) is 6.04. The van der Waals surface area contributed by atoms with E-state index >= 15 is 0 Å². The predicted octanol–water partition coefficient (Wildman–Crippen LogP) is 1.29. The molecule has 0 unspecified atom stereocenters. The Hall–Kier alpha value is -2.41. The van der Waals surface area contributed by atoms with Crippen LogP contribution in [0.1, 0.15) is 17.7 Å². The molecule has 1 aromatic heterocycles. The second kappa shape index (κ2) is 6.24. The molecular formula is C17H19FN2O4. The summed E-state index contributed by atoms with van der Waals surface area (Å²) >= 11 is 0. The molecule has 128 valence electrons. The number of likely N-dealkylation sites (tertiary alicyclic amines) is 1. The molecule has 0 bridgehead atoms. The minimum Gasteiger partial charge on any atom is -0.467 e. The maximum atomic E-state index is 13.9. The van der Waals surface area contributed by atoms with Crippen molar-refractivity contribution < 1.29 is 23.8 Å². The van der Waals surface area contributed by atoms with Crippen LogP contribution in [-0.2, 0) is 20.7 Å². The lowest BCUT2D eigenvalue weighted by Gasteiger charge is -2.22. The van der Waals surface area contributed by atoms with Crippen molar-refractivity contribution in [1.82, 2.24) is 9.88 Å². The lowest BCUT2D eigenvalue weighted by molar-refractivity contribution is -0.150. The van der Waals surface area contributed by atoms with E-state index < -0.39 is 18.1 Å². The number of esters is 1. The first-order valence-electron chi connectivity index (χ1n) is 7.73. The zero-order valence-electron chi connectivity index (χ0n) is 13.5. The van der Waals surface area contributed by atoms with E-state index in [0.29, 0.717) is 22.2 Å². The van der Waals surface area contributed by atoms with Crippen LogP contribution in [0.5, 0.6) is 0 Å². The predicted molar refractivity (Wildman–Crippen MR) is 84.8 cm³/mol. The number of aryl methyl sites for hydroxylation is 1. The Bertz CT molecular complexity index is 801. The quantitative estimate of drug-likeness (QED) is 0.829. The Labute approximate surface area is 138 Å². The highest BCUT2D eigenvalue weighted by Gasteiger charge is 2.39. The number of carbonyl (C=O) groups is 2. The Kier molecular flexibility index (Phi) is 4.28. The number of rotatable bonds is 3. The summed E-state index contributed by atoms with van der Waals surface area (Å²) < 4.78 is 18.6. The molecule has 24 heavy (non-hydrogen) atoms. The van der Waals surface area contributed by atoms with Gasteiger partial charge in [0, 0.05) is 24.0 Å². The number of halogens is 1. The van der Waals surface area contributed by atoms with Crippen LogP contribution in [0.25, 0.3) is 10.9 Å². The van der Waals surface area contributed by atoms with Crippen LogP contribution >= 0.6 is 0 Å². The van der Waals surface area contributed by atoms with Crippen LogP contribution < -0.4 is 0 Å². The maximum absolute atomic E-state index is 13.9. The highest BCUT2D eigenvalue weighted by molar-refractivity contribution is 5.92. The number of para-hydroxylation sites is 1. The summed E-state index contributed by atoms with van der Waals surface area (Å²) in [6, 6.07) is 3.92. The molecule has 1 aliphatic heterocycles. The lowest BCUT2D eigenvalue weighted by atomic mass is 10.1. The zero-order valence-corrected chi connectivity index (χ0v) is 13.5. The molecule has 2 aromatic rings. The van der Waals surface area contributed by atoms with Crippen molar-refractivity contribution in [2.75, 3.05) is 13.7 Å². The molecule has 1 fully saturated rings. The molecule has 3 rings (SSSR count). The lowest BCUT2D eigenvalue weighted by Crippen LogP contribution is -2.42. The minimum absolute atomic E-state index is 0.0233. The molecule has 2 N–H and O–H groups in total. The maximum Gasteiger partial charge on any atom is 0.328 e. The smallest absolute Gasteiger partial charge is 0.328 e. The van der Waals surface area contributed by atoms with Crippen LogP contribution in [0.4, 0.5) is 4.39 Å². The molecule has 2 heterocycles. The standard InChI is InChI=1S/C17H19FN2O4/c1-9-12(11-4-3-5-13(18)16(11)19-9)7-15(22)20-8-10(21)6-14(20)17(23)24-2/h3-5,10,14,19,21H,6-8H2,1-2H3/t10-,14+/m1/s1. The number of nitrogens with one attached hydrogen (secondary N) is 1. The molecule has 1 amide bonds. The molecule has 0 spiro atoms. The summed E-state index contributed by atoms with van der Waals surface area (Å²) in [6.07, 6.45) is -0.561. The highest BCUT2D eigenvalue weighted by Crippen LogP contribution is 2.27. The average Bonchev–Trinajstić information content (AvgIpc) is 3.09. The molecule has 0 saturated carbocycles. The fourth-order valence-corrected chi connectivity index (χ4v) is 3.30. The van der Waals surface area contributed by atoms with Gasteiger partial charge in [-0.15, -0.1) is 0 Å². The van der Waals surface area contributed by atoms with Crippen molar-refractivity contribution in [1.29, 1.82) is 0 Å². The topological polar surface area (TPSA) is 82.6 Å². The summed E-state index contributed by atoms with van der Waals surface area (Å²) in [5, 5.41) is 10.4. The summed E-state index contributed by atoms with van der Waals surface area (Å²) in [6.45, 7) is 1.87. The van der Waals surface area contributed by atoms with E-state index in [1.165, 1.54) is 18.1 Å². The van der Waals surface area contributed by atoms with E-state index in [2.05, 4.69) is 4.98 Å². The summed E-state index contributed by atoms with van der Waals surface area (Å²) in [4.78, 5) is 28.8. The number of hydrogen-bond donors (Lipinski definition) is 2. The first-order chi connectivity index (χ1) is 11.4. The van der Waals surface area contributed by atoms with Gasteiger partial charge in [-0.25, -0.2) is 9.18 Å². The first kappa shape index (κ1) is 16.4. The monoisotopic (exact) mass is 334 g/mol. The van der Waals surface area contributed by atoms with Gasteiger partial charge in [0.15, 0.2) is 0 Å². The van der Waals surface area contributed by atoms with Crippen molar-refractivity contribution in [3.05, 3.63) is 35.3 Å². The number of methoxy groups -OCH3 is 1. The molecule has 2 atom stereocenters. The van der Waals surface area contributed by atoms with E-state index in [-0.39, 0.29) is 31.1 Å². The Morgan fingerprint density at radius 3 is 2.92 bits per heavy atom. The number of amides is 1. The van der Waals surface area contributed by atoms with Gasteiger partial charge >= 0.3 is 5.97 Å². The highest BCUT2D eigenvalue weighted by atomic mass is 19.1. The van der Waals surface area contributed by atoms with E-state index in [1.54, 1.807) is 19.1 Å². The SMILES string of the molecule is COC(=O)[C@@H]1C[C@@H](O)CN1C(=O)Cc1c(C)[nH]c2c(F)cccc12. The van der Waals surface area contributed by atoms with E-state index in [4.69, 9.17) is 4.74 Å². The fraction of sp³-hybridized carbons (Fsp3) is 0.412. The number of β-amino-alcohol motifs (C(OH)–C–C–N with tert-alkyl or cyclic N) is 1. The molecule has 1 aliphatic rings. The number of ether oxygens (including phenoxy) is 1. The fourth-order valence-electron chi connectivity index (χ4n) is 3.30. The van der Waals surface area contributed by atoms with Crippen molar-refractivity contribution >= 4 is 22.8 Å². The number of H-pyrrole nitrogens is 1. The number of carbonyl (C=O) groups excluding carboxylic acids is 2. The number of nitrogens with zero attached hydrogens (tertiary/aromatic N) is 1. The van der Waals surface area contributed by atoms with Gasteiger partial charge in [0.2, 0.25) is 5.91 Å². The average molecular weight is 334 g/mol. The second-order valence-corrected chi connectivity index (χ2v) is 6.04. The summed E-state index contributed by atoms with van der Waals surface area (Å²) in [5.74, 6) is -1.21. The summed E-state index contributed by atoms with van der Waals surface area (Å²) in [5.41, 5.74) is 1.76. The largest absolute Gasteiger partial charge is 0.467 e. The van der Waals surface area contributed by atoms with Crippen LogP contribution in [0.15, 0.2) is 18.2 Å². The van der Waals surface area contributed by atoms with Gasteiger partial charge in [0.05, 0.1) is 25.2 Å². The van der Waals surface area contributed by atoms with Crippen molar-refractivity contribution in [2.24, 2.45) is 0 Å². The van der Waals surface area contributed by atoms with Gasteiger partial charge in [-0.2, -0.15) is 0 Å². The molecule has 0 radical (unpaired) electrons. The van der Waals surface area contributed by atoms with Crippen LogP contribution in [0.3, 0.4) is 0 Å². The van der Waals surface area contributed by atoms with Crippen molar-refractivity contribution in [3.63, 3.8) is 0 Å². The summed E-state index contributed by atoms with van der Waals surface area (Å²) in [7, 11) is 1.25.